The lowest BCUT2D eigenvalue weighted by atomic mass is 10.1. The van der Waals surface area contributed by atoms with Crippen molar-refractivity contribution >= 4 is 37.7 Å². The van der Waals surface area contributed by atoms with Gasteiger partial charge < -0.3 is 4.42 Å². The third-order valence-corrected chi connectivity index (χ3v) is 6.53. The lowest BCUT2D eigenvalue weighted by Gasteiger charge is -2.16. The number of H-pyrrole nitrogens is 1. The van der Waals surface area contributed by atoms with Crippen LogP contribution in [-0.2, 0) is 10.0 Å². The standard InChI is InChI=1S/C19H15N3O3S/c23-26(24)9-3-8-22(26)15-6-7-18-17(11-15)21-19(25-18)14-10-13-4-1-2-5-16(13)20-12-14/h1-2,4-7,10-12H,3,8-9H2/p+1. The van der Waals surface area contributed by atoms with E-state index in [1.165, 1.54) is 4.31 Å². The summed E-state index contributed by atoms with van der Waals surface area (Å²) in [5.74, 6) is 0.700. The summed E-state index contributed by atoms with van der Waals surface area (Å²) in [6, 6.07) is 15.3. The number of anilines is 1. The zero-order chi connectivity index (χ0) is 17.7. The van der Waals surface area contributed by atoms with Gasteiger partial charge in [-0.2, -0.15) is 0 Å². The van der Waals surface area contributed by atoms with Crippen LogP contribution in [0.2, 0.25) is 0 Å². The molecule has 1 saturated heterocycles. The Labute approximate surface area is 150 Å². The van der Waals surface area contributed by atoms with Gasteiger partial charge in [0, 0.05) is 18.0 Å². The lowest BCUT2D eigenvalue weighted by Crippen LogP contribution is -2.24. The quantitative estimate of drug-likeness (QED) is 0.546. The number of oxazole rings is 1. The van der Waals surface area contributed by atoms with Crippen LogP contribution in [0.25, 0.3) is 33.5 Å². The highest BCUT2D eigenvalue weighted by molar-refractivity contribution is 7.93. The van der Waals surface area contributed by atoms with Crippen molar-refractivity contribution in [3.05, 3.63) is 54.7 Å². The number of fused-ring (bicyclic) bond motifs is 2. The molecule has 5 rings (SSSR count). The lowest BCUT2D eigenvalue weighted by molar-refractivity contribution is -0.343. The van der Waals surface area contributed by atoms with E-state index in [0.717, 1.165) is 16.5 Å². The molecule has 1 aliphatic rings. The Hall–Kier alpha value is -2.93. The number of hydrogen-bond donors (Lipinski definition) is 0. The Morgan fingerprint density at radius 2 is 2.00 bits per heavy atom. The Bertz CT molecular complexity index is 1250. The van der Waals surface area contributed by atoms with Crippen molar-refractivity contribution in [2.75, 3.05) is 16.6 Å². The number of hydrogen-bond acceptors (Lipinski definition) is 4. The average Bonchev–Trinajstić information content (AvgIpc) is 3.23. The van der Waals surface area contributed by atoms with Crippen LogP contribution in [0.1, 0.15) is 6.42 Å². The van der Waals surface area contributed by atoms with Crippen molar-refractivity contribution in [3.63, 3.8) is 0 Å². The summed E-state index contributed by atoms with van der Waals surface area (Å²) >= 11 is 0. The van der Waals surface area contributed by atoms with E-state index in [1.807, 2.05) is 36.5 Å². The molecule has 0 aliphatic carbocycles. The van der Waals surface area contributed by atoms with E-state index in [2.05, 4.69) is 9.97 Å². The van der Waals surface area contributed by atoms with E-state index < -0.39 is 10.0 Å². The number of nitrogens with zero attached hydrogens (tertiary/aromatic N) is 2. The predicted octanol–water partition coefficient (Wildman–Crippen LogP) is 3.00. The number of nitrogens with one attached hydrogen (secondary N) is 1. The first-order valence-corrected chi connectivity index (χ1v) is 10.0. The molecule has 1 aliphatic heterocycles. The second-order valence-electron chi connectivity index (χ2n) is 6.39. The van der Waals surface area contributed by atoms with Gasteiger partial charge >= 0.3 is 0 Å². The van der Waals surface area contributed by atoms with Gasteiger partial charge in [-0.3, -0.25) is 4.31 Å². The third-order valence-electron chi connectivity index (χ3n) is 4.66. The van der Waals surface area contributed by atoms with Gasteiger partial charge in [0.15, 0.2) is 11.8 Å². The summed E-state index contributed by atoms with van der Waals surface area (Å²) in [6.45, 7) is 0.512. The predicted molar refractivity (Wildman–Crippen MR) is 99.3 cm³/mol. The maximum Gasteiger partial charge on any atom is 0.235 e. The molecule has 0 amide bonds. The van der Waals surface area contributed by atoms with Crippen molar-refractivity contribution in [1.82, 2.24) is 4.98 Å². The van der Waals surface area contributed by atoms with E-state index in [4.69, 9.17) is 4.42 Å². The number of sulfonamides is 1. The highest BCUT2D eigenvalue weighted by Crippen LogP contribution is 2.30. The maximum atomic E-state index is 12.1. The van der Waals surface area contributed by atoms with Crippen molar-refractivity contribution in [2.24, 2.45) is 0 Å². The summed E-state index contributed by atoms with van der Waals surface area (Å²) in [6.07, 6.45) is 2.51. The molecule has 1 N–H and O–H groups in total. The van der Waals surface area contributed by atoms with E-state index in [-0.39, 0.29) is 5.75 Å². The van der Waals surface area contributed by atoms with Gasteiger partial charge in [0.2, 0.25) is 21.4 Å². The minimum atomic E-state index is -3.21. The van der Waals surface area contributed by atoms with Crippen LogP contribution in [0.3, 0.4) is 0 Å². The van der Waals surface area contributed by atoms with Gasteiger partial charge in [-0.05, 0) is 36.8 Å². The fraction of sp³-hybridized carbons (Fsp3) is 0.158. The number of aromatic amines is 1. The molecule has 2 aromatic heterocycles. The monoisotopic (exact) mass is 366 g/mol. The highest BCUT2D eigenvalue weighted by atomic mass is 32.2. The van der Waals surface area contributed by atoms with Crippen molar-refractivity contribution in [1.29, 1.82) is 0 Å². The summed E-state index contributed by atoms with van der Waals surface area (Å²) in [5, 5.41) is 1.07. The normalized spacial score (nSPS) is 16.5. The SMILES string of the molecule is O=S1(=O)CCCN1c1ccc2oc(-c3c[nH+]c4ccccc4c3)nc2c1. The van der Waals surface area contributed by atoms with Crippen molar-refractivity contribution in [3.8, 4) is 11.5 Å². The Kier molecular flexibility index (Phi) is 3.27. The van der Waals surface area contributed by atoms with Crippen LogP contribution < -0.4 is 9.29 Å². The smallest absolute Gasteiger partial charge is 0.235 e. The molecule has 6 nitrogen and oxygen atoms in total. The molecule has 26 heavy (non-hydrogen) atoms. The van der Waals surface area contributed by atoms with Gasteiger partial charge in [0.25, 0.3) is 0 Å². The molecule has 0 spiro atoms. The molecule has 2 aromatic carbocycles. The molecule has 0 unspecified atom stereocenters. The Balaban J connectivity index is 1.59. The summed E-state index contributed by atoms with van der Waals surface area (Å²) in [4.78, 5) is 7.80. The average molecular weight is 366 g/mol. The van der Waals surface area contributed by atoms with Crippen molar-refractivity contribution < 1.29 is 17.8 Å². The molecular weight excluding hydrogens is 350 g/mol. The number of aromatic nitrogens is 2. The first-order chi connectivity index (χ1) is 12.6. The van der Waals surface area contributed by atoms with Crippen LogP contribution in [0.4, 0.5) is 5.69 Å². The summed E-state index contributed by atoms with van der Waals surface area (Å²) in [7, 11) is -3.21. The highest BCUT2D eigenvalue weighted by Gasteiger charge is 2.28. The minimum absolute atomic E-state index is 0.196. The van der Waals surface area contributed by atoms with E-state index >= 15 is 0 Å². The van der Waals surface area contributed by atoms with Crippen LogP contribution in [0.15, 0.2) is 59.1 Å². The maximum absolute atomic E-state index is 12.1. The van der Waals surface area contributed by atoms with Crippen LogP contribution in [-0.4, -0.2) is 25.7 Å². The minimum Gasteiger partial charge on any atom is -0.436 e. The number of para-hydroxylation sites is 1. The van der Waals surface area contributed by atoms with Gasteiger partial charge in [-0.25, -0.2) is 18.4 Å². The summed E-state index contributed by atoms with van der Waals surface area (Å²) < 4.78 is 31.6. The van der Waals surface area contributed by atoms with Gasteiger partial charge in [-0.1, -0.05) is 12.1 Å². The fourth-order valence-electron chi connectivity index (χ4n) is 3.37. The van der Waals surface area contributed by atoms with Crippen LogP contribution in [0.5, 0.6) is 0 Å². The van der Waals surface area contributed by atoms with E-state index in [0.29, 0.717) is 35.6 Å². The topological polar surface area (TPSA) is 77.5 Å². The van der Waals surface area contributed by atoms with Gasteiger partial charge in [0.1, 0.15) is 11.1 Å². The van der Waals surface area contributed by atoms with Gasteiger partial charge in [-0.15, -0.1) is 0 Å². The molecule has 3 heterocycles. The largest absolute Gasteiger partial charge is 0.436 e. The number of rotatable bonds is 2. The number of benzene rings is 2. The molecule has 7 heteroatoms. The molecule has 0 radical (unpaired) electrons. The molecule has 0 bridgehead atoms. The molecular formula is C19H16N3O3S+. The van der Waals surface area contributed by atoms with E-state index in [9.17, 15) is 8.42 Å². The molecule has 4 aromatic rings. The molecule has 0 atom stereocenters. The zero-order valence-electron chi connectivity index (χ0n) is 13.8. The number of pyridine rings is 1. The van der Waals surface area contributed by atoms with Crippen LogP contribution in [0, 0.1) is 0 Å². The first-order valence-electron chi connectivity index (χ1n) is 8.42. The van der Waals surface area contributed by atoms with E-state index in [1.54, 1.807) is 18.2 Å². The second kappa shape index (κ2) is 5.54. The molecule has 0 saturated carbocycles. The Morgan fingerprint density at radius 3 is 2.85 bits per heavy atom. The third kappa shape index (κ3) is 2.43. The first kappa shape index (κ1) is 15.3. The second-order valence-corrected chi connectivity index (χ2v) is 8.40. The fourth-order valence-corrected chi connectivity index (χ4v) is 4.92. The molecule has 1 fully saturated rings. The van der Waals surface area contributed by atoms with Gasteiger partial charge in [0.05, 0.1) is 11.4 Å². The molecule has 130 valence electrons. The summed E-state index contributed by atoms with van der Waals surface area (Å²) in [5.41, 5.74) is 3.80. The zero-order valence-corrected chi connectivity index (χ0v) is 14.7. The van der Waals surface area contributed by atoms with Crippen LogP contribution >= 0.6 is 0 Å². The van der Waals surface area contributed by atoms with Crippen molar-refractivity contribution in [2.45, 2.75) is 6.42 Å². The Morgan fingerprint density at radius 1 is 1.12 bits per heavy atom.